The van der Waals surface area contributed by atoms with E-state index in [2.05, 4.69) is 10.2 Å². The molecule has 0 saturated carbocycles. The topological polar surface area (TPSA) is 69.6 Å². The lowest BCUT2D eigenvalue weighted by molar-refractivity contribution is -0.137. The fraction of sp³-hybridized carbons (Fsp3) is 0.857. The number of carboxylic acids is 1. The van der Waals surface area contributed by atoms with E-state index in [0.29, 0.717) is 12.3 Å². The van der Waals surface area contributed by atoms with Gasteiger partial charge < -0.3 is 15.3 Å². The molecule has 110 valence electrons. The van der Waals surface area contributed by atoms with Crippen LogP contribution in [0.1, 0.15) is 45.4 Å². The predicted octanol–water partition coefficient (Wildman–Crippen LogP) is 1.48. The molecule has 1 saturated heterocycles. The largest absolute Gasteiger partial charge is 0.481 e. The first-order chi connectivity index (χ1) is 9.08. The van der Waals surface area contributed by atoms with Gasteiger partial charge in [-0.3, -0.25) is 9.59 Å². The molecule has 1 fully saturated rings. The number of amides is 1. The Morgan fingerprint density at radius 1 is 1.21 bits per heavy atom. The van der Waals surface area contributed by atoms with Gasteiger partial charge in [-0.25, -0.2) is 0 Å². The lowest BCUT2D eigenvalue weighted by atomic mass is 9.96. The molecule has 1 aliphatic rings. The number of carboxylic acid groups (broad SMARTS) is 1. The number of rotatable bonds is 8. The summed E-state index contributed by atoms with van der Waals surface area (Å²) >= 11 is 0. The third kappa shape index (κ3) is 7.82. The summed E-state index contributed by atoms with van der Waals surface area (Å²) in [6.07, 6.45) is 5.46. The van der Waals surface area contributed by atoms with Gasteiger partial charge in [0.05, 0.1) is 0 Å². The van der Waals surface area contributed by atoms with Crippen molar-refractivity contribution in [1.82, 2.24) is 10.2 Å². The van der Waals surface area contributed by atoms with Crippen LogP contribution in [0.15, 0.2) is 0 Å². The molecule has 1 rings (SSSR count). The molecule has 1 aliphatic heterocycles. The Kier molecular flexibility index (Phi) is 7.48. The molecule has 19 heavy (non-hydrogen) atoms. The number of nitrogens with zero attached hydrogens (tertiary/aromatic N) is 1. The Morgan fingerprint density at radius 3 is 2.47 bits per heavy atom. The van der Waals surface area contributed by atoms with Gasteiger partial charge in [0.15, 0.2) is 0 Å². The van der Waals surface area contributed by atoms with Crippen molar-refractivity contribution in [3.8, 4) is 0 Å². The van der Waals surface area contributed by atoms with Crippen molar-refractivity contribution in [2.24, 2.45) is 5.92 Å². The molecule has 0 aromatic carbocycles. The van der Waals surface area contributed by atoms with Crippen molar-refractivity contribution >= 4 is 11.9 Å². The van der Waals surface area contributed by atoms with E-state index in [1.807, 2.05) is 0 Å². The van der Waals surface area contributed by atoms with Gasteiger partial charge in [0.25, 0.3) is 0 Å². The Hall–Kier alpha value is -1.10. The van der Waals surface area contributed by atoms with Gasteiger partial charge >= 0.3 is 5.97 Å². The van der Waals surface area contributed by atoms with E-state index in [-0.39, 0.29) is 5.91 Å². The Labute approximate surface area is 115 Å². The SMILES string of the molecule is CC(=O)NCC1CCN(CCCCCC(=O)O)CC1. The lowest BCUT2D eigenvalue weighted by Gasteiger charge is -2.31. The highest BCUT2D eigenvalue weighted by atomic mass is 16.4. The van der Waals surface area contributed by atoms with E-state index < -0.39 is 5.97 Å². The maximum absolute atomic E-state index is 10.8. The number of nitrogens with one attached hydrogen (secondary N) is 1. The van der Waals surface area contributed by atoms with E-state index in [1.165, 1.54) is 0 Å². The van der Waals surface area contributed by atoms with Crippen molar-refractivity contribution in [3.63, 3.8) is 0 Å². The summed E-state index contributed by atoms with van der Waals surface area (Å²) in [7, 11) is 0. The number of hydrogen-bond donors (Lipinski definition) is 2. The minimum atomic E-state index is -0.696. The molecule has 1 heterocycles. The summed E-state index contributed by atoms with van der Waals surface area (Å²) in [6, 6.07) is 0. The van der Waals surface area contributed by atoms with Gasteiger partial charge in [0.1, 0.15) is 0 Å². The van der Waals surface area contributed by atoms with Crippen LogP contribution in [-0.2, 0) is 9.59 Å². The molecular formula is C14H26N2O3. The van der Waals surface area contributed by atoms with Gasteiger partial charge in [0.2, 0.25) is 5.91 Å². The number of piperidine rings is 1. The average molecular weight is 270 g/mol. The van der Waals surface area contributed by atoms with E-state index in [1.54, 1.807) is 6.92 Å². The Balaban J connectivity index is 2.00. The first kappa shape index (κ1) is 16.0. The normalized spacial score (nSPS) is 17.3. The van der Waals surface area contributed by atoms with Gasteiger partial charge in [-0.2, -0.15) is 0 Å². The molecular weight excluding hydrogens is 244 g/mol. The van der Waals surface area contributed by atoms with Crippen LogP contribution in [0.2, 0.25) is 0 Å². The summed E-state index contributed by atoms with van der Waals surface area (Å²) in [4.78, 5) is 23.7. The number of likely N-dealkylation sites (tertiary alicyclic amines) is 1. The van der Waals surface area contributed by atoms with Crippen molar-refractivity contribution in [2.75, 3.05) is 26.2 Å². The molecule has 0 spiro atoms. The molecule has 0 aromatic rings. The van der Waals surface area contributed by atoms with Gasteiger partial charge in [0, 0.05) is 19.9 Å². The highest BCUT2D eigenvalue weighted by molar-refractivity contribution is 5.72. The minimum Gasteiger partial charge on any atom is -0.481 e. The number of carbonyl (C=O) groups is 2. The van der Waals surface area contributed by atoms with Crippen molar-refractivity contribution in [1.29, 1.82) is 0 Å². The third-order valence-corrected chi connectivity index (χ3v) is 3.71. The molecule has 0 aliphatic carbocycles. The quantitative estimate of drug-likeness (QED) is 0.655. The molecule has 5 heteroatoms. The standard InChI is InChI=1S/C14H26N2O3/c1-12(17)15-11-13-6-9-16(10-7-13)8-4-2-3-5-14(18)19/h13H,2-11H2,1H3,(H,15,17)(H,18,19). The average Bonchev–Trinajstić information content (AvgIpc) is 2.37. The molecule has 0 radical (unpaired) electrons. The minimum absolute atomic E-state index is 0.0564. The second kappa shape index (κ2) is 8.91. The van der Waals surface area contributed by atoms with Crippen molar-refractivity contribution in [2.45, 2.75) is 45.4 Å². The zero-order valence-corrected chi connectivity index (χ0v) is 11.9. The van der Waals surface area contributed by atoms with Crippen molar-refractivity contribution in [3.05, 3.63) is 0 Å². The van der Waals surface area contributed by atoms with Crippen molar-refractivity contribution < 1.29 is 14.7 Å². The van der Waals surface area contributed by atoms with Crippen LogP contribution in [0.25, 0.3) is 0 Å². The van der Waals surface area contributed by atoms with E-state index in [9.17, 15) is 9.59 Å². The van der Waals surface area contributed by atoms with Gasteiger partial charge in [-0.15, -0.1) is 0 Å². The lowest BCUT2D eigenvalue weighted by Crippen LogP contribution is -2.38. The monoisotopic (exact) mass is 270 g/mol. The molecule has 0 atom stereocenters. The Morgan fingerprint density at radius 2 is 1.89 bits per heavy atom. The van der Waals surface area contributed by atoms with Crippen LogP contribution in [0.5, 0.6) is 0 Å². The summed E-state index contributed by atoms with van der Waals surface area (Å²) in [5, 5.41) is 11.4. The molecule has 1 amide bonds. The fourth-order valence-electron chi connectivity index (χ4n) is 2.49. The molecule has 5 nitrogen and oxygen atoms in total. The zero-order chi connectivity index (χ0) is 14.1. The van der Waals surface area contributed by atoms with E-state index in [0.717, 1.165) is 58.3 Å². The molecule has 0 aromatic heterocycles. The van der Waals surface area contributed by atoms with Gasteiger partial charge in [-0.05, 0) is 51.2 Å². The zero-order valence-electron chi connectivity index (χ0n) is 11.9. The van der Waals surface area contributed by atoms with Crippen LogP contribution < -0.4 is 5.32 Å². The Bertz CT molecular complexity index is 284. The van der Waals surface area contributed by atoms with Crippen LogP contribution in [0, 0.1) is 5.92 Å². The first-order valence-corrected chi connectivity index (χ1v) is 7.26. The summed E-state index contributed by atoms with van der Waals surface area (Å²) in [5.41, 5.74) is 0. The molecule has 0 bridgehead atoms. The number of carbonyl (C=O) groups excluding carboxylic acids is 1. The summed E-state index contributed by atoms with van der Waals surface area (Å²) in [5.74, 6) is -0.0215. The van der Waals surface area contributed by atoms with Crippen LogP contribution in [0.3, 0.4) is 0 Å². The second-order valence-electron chi connectivity index (χ2n) is 5.43. The van der Waals surface area contributed by atoms with Gasteiger partial charge in [-0.1, -0.05) is 6.42 Å². The number of unbranched alkanes of at least 4 members (excludes halogenated alkanes) is 2. The predicted molar refractivity (Wildman–Crippen MR) is 74.0 cm³/mol. The second-order valence-corrected chi connectivity index (χ2v) is 5.43. The highest BCUT2D eigenvalue weighted by Gasteiger charge is 2.18. The number of aliphatic carboxylic acids is 1. The molecule has 0 unspecified atom stereocenters. The highest BCUT2D eigenvalue weighted by Crippen LogP contribution is 2.17. The maximum atomic E-state index is 10.8. The molecule has 2 N–H and O–H groups in total. The van der Waals surface area contributed by atoms with Crippen LogP contribution in [0.4, 0.5) is 0 Å². The van der Waals surface area contributed by atoms with E-state index >= 15 is 0 Å². The van der Waals surface area contributed by atoms with Crippen LogP contribution >= 0.6 is 0 Å². The fourth-order valence-corrected chi connectivity index (χ4v) is 2.49. The first-order valence-electron chi connectivity index (χ1n) is 7.26. The maximum Gasteiger partial charge on any atom is 0.303 e. The number of hydrogen-bond acceptors (Lipinski definition) is 3. The van der Waals surface area contributed by atoms with E-state index in [4.69, 9.17) is 5.11 Å². The third-order valence-electron chi connectivity index (χ3n) is 3.71. The summed E-state index contributed by atoms with van der Waals surface area (Å²) in [6.45, 7) is 5.65. The van der Waals surface area contributed by atoms with Crippen LogP contribution in [-0.4, -0.2) is 48.1 Å². The smallest absolute Gasteiger partial charge is 0.303 e. The summed E-state index contributed by atoms with van der Waals surface area (Å²) < 4.78 is 0.